The summed E-state index contributed by atoms with van der Waals surface area (Å²) >= 11 is 6.25. The minimum atomic E-state index is -0.552. The van der Waals surface area contributed by atoms with Crippen molar-refractivity contribution in [2.24, 2.45) is 11.7 Å². The van der Waals surface area contributed by atoms with E-state index in [2.05, 4.69) is 0 Å². The zero-order chi connectivity index (χ0) is 26.5. The molecule has 1 aromatic heterocycles. The zero-order valence-corrected chi connectivity index (χ0v) is 21.7. The molecule has 0 bridgehead atoms. The largest absolute Gasteiger partial charge is 0.330 e. The average Bonchev–Trinajstić information content (AvgIpc) is 2.88. The summed E-state index contributed by atoms with van der Waals surface area (Å²) in [5.74, 6) is -0.340. The van der Waals surface area contributed by atoms with E-state index < -0.39 is 11.9 Å². The van der Waals surface area contributed by atoms with Crippen LogP contribution in [0.5, 0.6) is 0 Å². The van der Waals surface area contributed by atoms with Gasteiger partial charge in [0.15, 0.2) is 0 Å². The van der Waals surface area contributed by atoms with Crippen molar-refractivity contribution in [3.05, 3.63) is 111 Å². The number of nitrogens with two attached hydrogens (primary N) is 1. The number of carbonyl (C=O) groups is 1. The summed E-state index contributed by atoms with van der Waals surface area (Å²) in [5, 5.41) is 0.916. The lowest BCUT2D eigenvalue weighted by atomic mass is 9.98. The molecule has 0 fully saturated rings. The molecule has 3 aromatic carbocycles. The lowest BCUT2D eigenvalue weighted by molar-refractivity contribution is 0.0602. The Kier molecular flexibility index (Phi) is 8.36. The number of benzene rings is 3. The number of amides is 1. The van der Waals surface area contributed by atoms with Crippen molar-refractivity contribution in [3.8, 4) is 0 Å². The van der Waals surface area contributed by atoms with Gasteiger partial charge in [-0.1, -0.05) is 55.8 Å². The van der Waals surface area contributed by atoms with Crippen LogP contribution in [0.3, 0.4) is 0 Å². The zero-order valence-electron chi connectivity index (χ0n) is 20.9. The standard InChI is InChI=1S/C29H30ClFN4O2/c1-19(2)26(34(16-6-15-32)28(36)21-9-12-23(31)13-10-21)27-33-25-17-22(30)11-14-24(25)29(37)35(27)18-20-7-4-3-5-8-20/h3-5,7-14,17,19,26H,6,15-16,18,32H2,1-2H3/t26-/m0/s1. The van der Waals surface area contributed by atoms with E-state index in [4.69, 9.17) is 22.3 Å². The van der Waals surface area contributed by atoms with Crippen molar-refractivity contribution >= 4 is 28.4 Å². The molecule has 1 amide bonds. The number of fused-ring (bicyclic) bond motifs is 1. The van der Waals surface area contributed by atoms with Crippen molar-refractivity contribution < 1.29 is 9.18 Å². The number of carbonyl (C=O) groups excluding carboxylic acids is 1. The maximum Gasteiger partial charge on any atom is 0.261 e. The number of nitrogens with zero attached hydrogens (tertiary/aromatic N) is 3. The third-order valence-corrected chi connectivity index (χ3v) is 6.55. The maximum absolute atomic E-state index is 13.8. The van der Waals surface area contributed by atoms with Crippen molar-refractivity contribution in [1.82, 2.24) is 14.5 Å². The molecule has 37 heavy (non-hydrogen) atoms. The molecule has 0 unspecified atom stereocenters. The molecule has 2 N–H and O–H groups in total. The fourth-order valence-electron chi connectivity index (χ4n) is 4.54. The van der Waals surface area contributed by atoms with Crippen molar-refractivity contribution in [1.29, 1.82) is 0 Å². The van der Waals surface area contributed by atoms with Gasteiger partial charge in [-0.3, -0.25) is 14.2 Å². The van der Waals surface area contributed by atoms with Crippen LogP contribution in [0.15, 0.2) is 77.6 Å². The summed E-state index contributed by atoms with van der Waals surface area (Å²) in [6.45, 7) is 5.00. The second-order valence-electron chi connectivity index (χ2n) is 9.34. The average molecular weight is 521 g/mol. The van der Waals surface area contributed by atoms with E-state index in [1.807, 2.05) is 44.2 Å². The highest BCUT2D eigenvalue weighted by molar-refractivity contribution is 6.31. The summed E-state index contributed by atoms with van der Waals surface area (Å²) in [7, 11) is 0. The normalized spacial score (nSPS) is 12.2. The highest BCUT2D eigenvalue weighted by atomic mass is 35.5. The fourth-order valence-corrected chi connectivity index (χ4v) is 4.71. The van der Waals surface area contributed by atoms with Gasteiger partial charge in [-0.05, 0) is 66.9 Å². The van der Waals surface area contributed by atoms with Gasteiger partial charge in [0.2, 0.25) is 0 Å². The molecule has 8 heteroatoms. The Morgan fingerprint density at radius 1 is 1.08 bits per heavy atom. The van der Waals surface area contributed by atoms with E-state index in [0.717, 1.165) is 5.56 Å². The Morgan fingerprint density at radius 3 is 2.43 bits per heavy atom. The first-order valence-corrected chi connectivity index (χ1v) is 12.7. The van der Waals surface area contributed by atoms with Gasteiger partial charge in [0.25, 0.3) is 11.5 Å². The lowest BCUT2D eigenvalue weighted by Gasteiger charge is -2.35. The van der Waals surface area contributed by atoms with Gasteiger partial charge in [-0.2, -0.15) is 0 Å². The van der Waals surface area contributed by atoms with Gasteiger partial charge in [0.05, 0.1) is 23.5 Å². The second-order valence-corrected chi connectivity index (χ2v) is 9.78. The number of halogens is 2. The maximum atomic E-state index is 13.8. The Hall–Kier alpha value is -3.55. The van der Waals surface area contributed by atoms with Crippen LogP contribution >= 0.6 is 11.6 Å². The van der Waals surface area contributed by atoms with Crippen molar-refractivity contribution in [3.63, 3.8) is 0 Å². The first-order chi connectivity index (χ1) is 17.8. The third kappa shape index (κ3) is 5.89. The molecule has 6 nitrogen and oxygen atoms in total. The minimum absolute atomic E-state index is 0.104. The molecule has 0 saturated carbocycles. The van der Waals surface area contributed by atoms with Crippen LogP contribution in [0.4, 0.5) is 4.39 Å². The van der Waals surface area contributed by atoms with Crippen molar-refractivity contribution in [2.75, 3.05) is 13.1 Å². The van der Waals surface area contributed by atoms with Crippen LogP contribution in [0.2, 0.25) is 5.02 Å². The molecule has 0 aliphatic heterocycles. The van der Waals surface area contributed by atoms with E-state index in [1.54, 1.807) is 27.7 Å². The number of hydrogen-bond acceptors (Lipinski definition) is 4. The molecule has 0 radical (unpaired) electrons. The Balaban J connectivity index is 1.93. The smallest absolute Gasteiger partial charge is 0.261 e. The topological polar surface area (TPSA) is 81.2 Å². The molecule has 0 aliphatic carbocycles. The Morgan fingerprint density at radius 2 is 1.78 bits per heavy atom. The van der Waals surface area contributed by atoms with Gasteiger partial charge in [0.1, 0.15) is 11.6 Å². The van der Waals surface area contributed by atoms with Gasteiger partial charge in [-0.15, -0.1) is 0 Å². The molecule has 4 rings (SSSR count). The van der Waals surface area contributed by atoms with Gasteiger partial charge in [0, 0.05) is 17.1 Å². The minimum Gasteiger partial charge on any atom is -0.330 e. The summed E-state index contributed by atoms with van der Waals surface area (Å²) in [6, 6.07) is 19.6. The molecule has 192 valence electrons. The van der Waals surface area contributed by atoms with Crippen LogP contribution < -0.4 is 11.3 Å². The second kappa shape index (κ2) is 11.7. The molecule has 0 aliphatic rings. The summed E-state index contributed by atoms with van der Waals surface area (Å²) in [6.07, 6.45) is 0.554. The highest BCUT2D eigenvalue weighted by Gasteiger charge is 2.32. The monoisotopic (exact) mass is 520 g/mol. The van der Waals surface area contributed by atoms with Crippen LogP contribution in [-0.4, -0.2) is 33.4 Å². The van der Waals surface area contributed by atoms with E-state index in [0.29, 0.717) is 53.4 Å². The predicted octanol–water partition coefficient (Wildman–Crippen LogP) is 5.43. The highest BCUT2D eigenvalue weighted by Crippen LogP contribution is 2.30. The van der Waals surface area contributed by atoms with E-state index in [-0.39, 0.29) is 17.4 Å². The van der Waals surface area contributed by atoms with Crippen LogP contribution in [0.25, 0.3) is 10.9 Å². The van der Waals surface area contributed by atoms with Crippen molar-refractivity contribution in [2.45, 2.75) is 32.9 Å². The molecular weight excluding hydrogens is 491 g/mol. The first kappa shape index (κ1) is 26.5. The Labute approximate surface area is 220 Å². The number of aromatic nitrogens is 2. The molecular formula is C29H30ClFN4O2. The summed E-state index contributed by atoms with van der Waals surface area (Å²) < 4.78 is 15.2. The molecule has 0 spiro atoms. The Bertz CT molecular complexity index is 1440. The summed E-state index contributed by atoms with van der Waals surface area (Å²) in [4.78, 5) is 34.2. The van der Waals surface area contributed by atoms with Gasteiger partial charge >= 0.3 is 0 Å². The number of hydrogen-bond donors (Lipinski definition) is 1. The summed E-state index contributed by atoms with van der Waals surface area (Å²) in [5.41, 5.74) is 7.37. The van der Waals surface area contributed by atoms with Crippen LogP contribution in [0.1, 0.15) is 48.1 Å². The van der Waals surface area contributed by atoms with Gasteiger partial charge in [-0.25, -0.2) is 9.37 Å². The quantitative estimate of drug-likeness (QED) is 0.319. The predicted molar refractivity (Wildman–Crippen MR) is 145 cm³/mol. The molecule has 4 aromatic rings. The van der Waals surface area contributed by atoms with E-state index in [1.165, 1.54) is 24.3 Å². The van der Waals surface area contributed by atoms with Gasteiger partial charge < -0.3 is 10.6 Å². The third-order valence-electron chi connectivity index (χ3n) is 6.32. The fraction of sp³-hybridized carbons (Fsp3) is 0.276. The lowest BCUT2D eigenvalue weighted by Crippen LogP contribution is -2.42. The SMILES string of the molecule is CC(C)[C@@H](c1nc2cc(Cl)ccc2c(=O)n1Cc1ccccc1)N(CCCN)C(=O)c1ccc(F)cc1. The van der Waals surface area contributed by atoms with E-state index in [9.17, 15) is 14.0 Å². The molecule has 1 atom stereocenters. The first-order valence-electron chi connectivity index (χ1n) is 12.3. The van der Waals surface area contributed by atoms with E-state index >= 15 is 0 Å². The van der Waals surface area contributed by atoms with Crippen LogP contribution in [0, 0.1) is 11.7 Å². The number of rotatable bonds is 9. The molecule has 1 heterocycles. The molecule has 0 saturated heterocycles. The van der Waals surface area contributed by atoms with Crippen LogP contribution in [-0.2, 0) is 6.54 Å².